The first-order valence-electron chi connectivity index (χ1n) is 8.88. The number of hydrogen-bond acceptors (Lipinski definition) is 4. The van der Waals surface area contributed by atoms with E-state index in [4.69, 9.17) is 4.52 Å². The molecule has 3 aromatic rings. The summed E-state index contributed by atoms with van der Waals surface area (Å²) in [6.45, 7) is 3.83. The molecule has 0 radical (unpaired) electrons. The zero-order valence-corrected chi connectivity index (χ0v) is 14.4. The molecule has 0 N–H and O–H groups in total. The number of likely N-dealkylation sites (tertiary alicyclic amines) is 1. The molecule has 1 atom stereocenters. The van der Waals surface area contributed by atoms with E-state index in [1.165, 1.54) is 0 Å². The van der Waals surface area contributed by atoms with Gasteiger partial charge in [-0.1, -0.05) is 30.3 Å². The average molecular weight is 338 g/mol. The third-order valence-electron chi connectivity index (χ3n) is 4.91. The number of fused-ring (bicyclic) bond motifs is 1. The lowest BCUT2D eigenvalue weighted by molar-refractivity contribution is -0.133. The molecular weight excluding hydrogens is 316 g/mol. The summed E-state index contributed by atoms with van der Waals surface area (Å²) in [5.74, 6) is 1.71. The molecule has 3 heterocycles. The third kappa shape index (κ3) is 3.16. The summed E-state index contributed by atoms with van der Waals surface area (Å²) < 4.78 is 7.25. The van der Waals surface area contributed by atoms with Crippen molar-refractivity contribution in [3.63, 3.8) is 0 Å². The van der Waals surface area contributed by atoms with Crippen molar-refractivity contribution in [2.24, 2.45) is 0 Å². The van der Waals surface area contributed by atoms with Crippen molar-refractivity contribution >= 4 is 16.8 Å². The van der Waals surface area contributed by atoms with Crippen LogP contribution in [0.4, 0.5) is 0 Å². The number of rotatable bonds is 4. The lowest BCUT2D eigenvalue weighted by Gasteiger charge is -2.31. The van der Waals surface area contributed by atoms with Gasteiger partial charge >= 0.3 is 0 Å². The van der Waals surface area contributed by atoms with Crippen LogP contribution >= 0.6 is 0 Å². The Morgan fingerprint density at radius 3 is 3.04 bits per heavy atom. The van der Waals surface area contributed by atoms with E-state index in [1.54, 1.807) is 0 Å². The Balaban J connectivity index is 1.46. The van der Waals surface area contributed by atoms with Gasteiger partial charge in [0.15, 0.2) is 5.82 Å². The summed E-state index contributed by atoms with van der Waals surface area (Å²) in [4.78, 5) is 19.2. The number of para-hydroxylation sites is 1. The monoisotopic (exact) mass is 338 g/mol. The van der Waals surface area contributed by atoms with Crippen LogP contribution < -0.4 is 0 Å². The average Bonchev–Trinajstić information content (AvgIpc) is 3.29. The van der Waals surface area contributed by atoms with Crippen molar-refractivity contribution in [1.82, 2.24) is 19.6 Å². The molecular formula is C19H22N4O2. The largest absolute Gasteiger partial charge is 0.340 e. The van der Waals surface area contributed by atoms with Crippen LogP contribution in [-0.2, 0) is 17.8 Å². The maximum absolute atomic E-state index is 12.8. The predicted octanol–water partition coefficient (Wildman–Crippen LogP) is 2.99. The molecule has 1 amide bonds. The van der Waals surface area contributed by atoms with E-state index in [9.17, 15) is 4.79 Å². The van der Waals surface area contributed by atoms with E-state index in [0.717, 1.165) is 42.5 Å². The summed E-state index contributed by atoms with van der Waals surface area (Å²) in [6, 6.07) is 10.2. The molecule has 25 heavy (non-hydrogen) atoms. The molecule has 1 saturated heterocycles. The highest BCUT2D eigenvalue weighted by Crippen LogP contribution is 2.25. The molecule has 1 aliphatic heterocycles. The van der Waals surface area contributed by atoms with Crippen LogP contribution in [0.2, 0.25) is 0 Å². The number of carbonyl (C=O) groups excluding carboxylic acids is 1. The molecule has 2 aromatic heterocycles. The second-order valence-corrected chi connectivity index (χ2v) is 6.58. The minimum absolute atomic E-state index is 0.144. The fourth-order valence-electron chi connectivity index (χ4n) is 3.52. The molecule has 0 aliphatic carbocycles. The first kappa shape index (κ1) is 15.9. The highest BCUT2D eigenvalue weighted by molar-refractivity contribution is 5.83. The van der Waals surface area contributed by atoms with Crippen LogP contribution in [0.3, 0.4) is 0 Å². The van der Waals surface area contributed by atoms with Crippen molar-refractivity contribution in [2.45, 2.75) is 38.6 Å². The van der Waals surface area contributed by atoms with Gasteiger partial charge in [-0.2, -0.15) is 4.98 Å². The third-order valence-corrected chi connectivity index (χ3v) is 4.91. The van der Waals surface area contributed by atoms with E-state index in [1.807, 2.05) is 46.9 Å². The van der Waals surface area contributed by atoms with E-state index >= 15 is 0 Å². The maximum Gasteiger partial charge on any atom is 0.242 e. The van der Waals surface area contributed by atoms with Crippen molar-refractivity contribution in [3.8, 4) is 0 Å². The Bertz CT molecular complexity index is 882. The number of carbonyl (C=O) groups is 1. The van der Waals surface area contributed by atoms with E-state index in [0.29, 0.717) is 19.0 Å². The van der Waals surface area contributed by atoms with Crippen molar-refractivity contribution in [2.75, 3.05) is 13.1 Å². The highest BCUT2D eigenvalue weighted by atomic mass is 16.5. The molecule has 0 spiro atoms. The smallest absolute Gasteiger partial charge is 0.242 e. The normalized spacial score (nSPS) is 18.0. The topological polar surface area (TPSA) is 64.2 Å². The standard InChI is InChI=1S/C19H22N4O2/c1-2-17-20-19(21-25-17)15-7-5-10-23(12-15)18(24)13-22-11-9-14-6-3-4-8-16(14)22/h3-4,6,8-9,11,15H,2,5,7,10,12-13H2,1H3/t15-/m0/s1. The Morgan fingerprint density at radius 2 is 2.20 bits per heavy atom. The first-order chi connectivity index (χ1) is 12.2. The molecule has 1 fully saturated rings. The Morgan fingerprint density at radius 1 is 1.32 bits per heavy atom. The number of nitrogens with zero attached hydrogens (tertiary/aromatic N) is 4. The SMILES string of the molecule is CCc1nc([C@H]2CCCN(C(=O)Cn3ccc4ccccc43)C2)no1. The van der Waals surface area contributed by atoms with Crippen LogP contribution in [0.15, 0.2) is 41.1 Å². The number of benzene rings is 1. The van der Waals surface area contributed by atoms with Gasteiger partial charge in [-0.05, 0) is 30.4 Å². The molecule has 130 valence electrons. The number of amides is 1. The molecule has 6 heteroatoms. The summed E-state index contributed by atoms with van der Waals surface area (Å²) in [5.41, 5.74) is 1.09. The summed E-state index contributed by atoms with van der Waals surface area (Å²) >= 11 is 0. The van der Waals surface area contributed by atoms with Crippen molar-refractivity contribution in [3.05, 3.63) is 48.2 Å². The van der Waals surface area contributed by atoms with Gasteiger partial charge in [0.2, 0.25) is 11.8 Å². The highest BCUT2D eigenvalue weighted by Gasteiger charge is 2.28. The number of piperidine rings is 1. The van der Waals surface area contributed by atoms with Crippen LogP contribution in [0.1, 0.15) is 37.4 Å². The Kier molecular flexibility index (Phi) is 4.26. The van der Waals surface area contributed by atoms with Gasteiger partial charge in [0.05, 0.1) is 0 Å². The first-order valence-corrected chi connectivity index (χ1v) is 8.88. The fraction of sp³-hybridized carbons (Fsp3) is 0.421. The van der Waals surface area contributed by atoms with Gasteiger partial charge in [0.1, 0.15) is 6.54 Å². The van der Waals surface area contributed by atoms with Gasteiger partial charge in [0.25, 0.3) is 0 Å². The van der Waals surface area contributed by atoms with Crippen molar-refractivity contribution < 1.29 is 9.32 Å². The number of aryl methyl sites for hydroxylation is 1. The van der Waals surface area contributed by atoms with Crippen LogP contribution in [-0.4, -0.2) is 38.6 Å². The predicted molar refractivity (Wildman–Crippen MR) is 94.2 cm³/mol. The second kappa shape index (κ2) is 6.70. The maximum atomic E-state index is 12.8. The molecule has 0 bridgehead atoms. The van der Waals surface area contributed by atoms with Gasteiger partial charge in [0, 0.05) is 37.1 Å². The molecule has 0 saturated carbocycles. The van der Waals surface area contributed by atoms with E-state index in [2.05, 4.69) is 16.2 Å². The lowest BCUT2D eigenvalue weighted by atomic mass is 9.97. The Hall–Kier alpha value is -2.63. The minimum atomic E-state index is 0.144. The molecule has 1 aromatic carbocycles. The van der Waals surface area contributed by atoms with Gasteiger partial charge in [-0.25, -0.2) is 0 Å². The van der Waals surface area contributed by atoms with E-state index < -0.39 is 0 Å². The molecule has 1 aliphatic rings. The van der Waals surface area contributed by atoms with Gasteiger partial charge in [-0.3, -0.25) is 4.79 Å². The lowest BCUT2D eigenvalue weighted by Crippen LogP contribution is -2.41. The Labute approximate surface area is 146 Å². The minimum Gasteiger partial charge on any atom is -0.340 e. The summed E-state index contributed by atoms with van der Waals surface area (Å²) in [7, 11) is 0. The number of aromatic nitrogens is 3. The quantitative estimate of drug-likeness (QED) is 0.733. The van der Waals surface area contributed by atoms with Crippen LogP contribution in [0.25, 0.3) is 10.9 Å². The van der Waals surface area contributed by atoms with Gasteiger partial charge < -0.3 is 14.0 Å². The van der Waals surface area contributed by atoms with E-state index in [-0.39, 0.29) is 11.8 Å². The fourth-order valence-corrected chi connectivity index (χ4v) is 3.52. The van der Waals surface area contributed by atoms with Gasteiger partial charge in [-0.15, -0.1) is 0 Å². The summed E-state index contributed by atoms with van der Waals surface area (Å²) in [6.07, 6.45) is 4.69. The zero-order valence-electron chi connectivity index (χ0n) is 14.4. The summed E-state index contributed by atoms with van der Waals surface area (Å²) in [5, 5.41) is 5.25. The molecule has 0 unspecified atom stereocenters. The zero-order chi connectivity index (χ0) is 17.2. The number of hydrogen-bond donors (Lipinski definition) is 0. The van der Waals surface area contributed by atoms with Crippen LogP contribution in [0, 0.1) is 0 Å². The van der Waals surface area contributed by atoms with Crippen molar-refractivity contribution in [1.29, 1.82) is 0 Å². The second-order valence-electron chi connectivity index (χ2n) is 6.58. The molecule has 6 nitrogen and oxygen atoms in total. The van der Waals surface area contributed by atoms with Crippen LogP contribution in [0.5, 0.6) is 0 Å². The molecule has 4 rings (SSSR count).